The van der Waals surface area contributed by atoms with Gasteiger partial charge in [0.1, 0.15) is 0 Å². The predicted molar refractivity (Wildman–Crippen MR) is 86.7 cm³/mol. The van der Waals surface area contributed by atoms with Gasteiger partial charge in [-0.2, -0.15) is 0 Å². The van der Waals surface area contributed by atoms with Crippen LogP contribution in [0.5, 0.6) is 0 Å². The van der Waals surface area contributed by atoms with Gasteiger partial charge in [-0.15, -0.1) is 0 Å². The van der Waals surface area contributed by atoms with Crippen molar-refractivity contribution in [3.63, 3.8) is 0 Å². The van der Waals surface area contributed by atoms with E-state index in [-0.39, 0.29) is 11.9 Å². The van der Waals surface area contributed by atoms with Gasteiger partial charge in [0, 0.05) is 38.3 Å². The van der Waals surface area contributed by atoms with Gasteiger partial charge in [-0.3, -0.25) is 14.4 Å². The molecule has 0 bridgehead atoms. The van der Waals surface area contributed by atoms with Gasteiger partial charge in [-0.05, 0) is 31.0 Å². The van der Waals surface area contributed by atoms with Crippen LogP contribution < -0.4 is 5.32 Å². The minimum absolute atomic E-state index is 0.100. The Morgan fingerprint density at radius 1 is 1.17 bits per heavy atom. The molecule has 23 heavy (non-hydrogen) atoms. The molecule has 3 amide bonds. The summed E-state index contributed by atoms with van der Waals surface area (Å²) in [5.74, 6) is -1.05. The second-order valence-electron chi connectivity index (χ2n) is 5.93. The molecule has 0 spiro atoms. The van der Waals surface area contributed by atoms with Crippen molar-refractivity contribution in [1.29, 1.82) is 0 Å². The SMILES string of the molecule is CCC(C)NC(=O)c1ccc(CN2CCN(C)C(=O)C2=O)cc1. The zero-order valence-electron chi connectivity index (χ0n) is 13.8. The summed E-state index contributed by atoms with van der Waals surface area (Å²) in [5, 5.41) is 2.91. The Labute approximate surface area is 136 Å². The molecule has 1 atom stereocenters. The van der Waals surface area contributed by atoms with Crippen LogP contribution in [0.3, 0.4) is 0 Å². The van der Waals surface area contributed by atoms with Crippen molar-refractivity contribution in [1.82, 2.24) is 15.1 Å². The molecule has 1 unspecified atom stereocenters. The number of carbonyl (C=O) groups is 3. The van der Waals surface area contributed by atoms with E-state index >= 15 is 0 Å². The molecule has 6 heteroatoms. The largest absolute Gasteiger partial charge is 0.350 e. The Balaban J connectivity index is 1.99. The molecule has 1 aliphatic rings. The molecule has 2 rings (SSSR count). The number of likely N-dealkylation sites (N-methyl/N-ethyl adjacent to an activating group) is 1. The molecular formula is C17H23N3O3. The Morgan fingerprint density at radius 2 is 1.83 bits per heavy atom. The van der Waals surface area contributed by atoms with Crippen LogP contribution in [0.25, 0.3) is 0 Å². The number of nitrogens with one attached hydrogen (secondary N) is 1. The molecule has 1 saturated heterocycles. The lowest BCUT2D eigenvalue weighted by molar-refractivity contribution is -0.155. The molecule has 0 radical (unpaired) electrons. The molecule has 1 fully saturated rings. The first kappa shape index (κ1) is 17.0. The Bertz CT molecular complexity index is 598. The number of hydrogen-bond acceptors (Lipinski definition) is 3. The summed E-state index contributed by atoms with van der Waals surface area (Å²) in [6.45, 7) is 5.42. The Kier molecular flexibility index (Phi) is 5.36. The van der Waals surface area contributed by atoms with E-state index in [1.807, 2.05) is 26.0 Å². The van der Waals surface area contributed by atoms with Gasteiger partial charge in [0.15, 0.2) is 0 Å². The van der Waals surface area contributed by atoms with Crippen LogP contribution in [0.2, 0.25) is 0 Å². The minimum Gasteiger partial charge on any atom is -0.350 e. The van der Waals surface area contributed by atoms with Gasteiger partial charge >= 0.3 is 11.8 Å². The average molecular weight is 317 g/mol. The molecule has 1 aliphatic heterocycles. The number of nitrogens with zero attached hydrogens (tertiary/aromatic N) is 2. The highest BCUT2D eigenvalue weighted by atomic mass is 16.2. The van der Waals surface area contributed by atoms with E-state index in [1.54, 1.807) is 19.2 Å². The van der Waals surface area contributed by atoms with E-state index in [1.165, 1.54) is 9.80 Å². The van der Waals surface area contributed by atoms with Gasteiger partial charge in [0.05, 0.1) is 0 Å². The van der Waals surface area contributed by atoms with Gasteiger partial charge in [-0.1, -0.05) is 19.1 Å². The Morgan fingerprint density at radius 3 is 2.43 bits per heavy atom. The van der Waals surface area contributed by atoms with Crippen molar-refractivity contribution in [3.05, 3.63) is 35.4 Å². The van der Waals surface area contributed by atoms with Crippen molar-refractivity contribution in [2.45, 2.75) is 32.9 Å². The van der Waals surface area contributed by atoms with Crippen LogP contribution in [0.1, 0.15) is 36.2 Å². The lowest BCUT2D eigenvalue weighted by Gasteiger charge is -2.31. The molecular weight excluding hydrogens is 294 g/mol. The maximum Gasteiger partial charge on any atom is 0.312 e. The number of rotatable bonds is 5. The van der Waals surface area contributed by atoms with Crippen LogP contribution in [-0.2, 0) is 16.1 Å². The number of piperazine rings is 1. The third-order valence-corrected chi connectivity index (χ3v) is 4.10. The monoisotopic (exact) mass is 317 g/mol. The number of amides is 3. The number of hydrogen-bond donors (Lipinski definition) is 1. The van der Waals surface area contributed by atoms with E-state index in [9.17, 15) is 14.4 Å². The predicted octanol–water partition coefficient (Wildman–Crippen LogP) is 1.02. The number of benzene rings is 1. The Hall–Kier alpha value is -2.37. The third kappa shape index (κ3) is 4.09. The van der Waals surface area contributed by atoms with Crippen molar-refractivity contribution in [2.24, 2.45) is 0 Å². The zero-order valence-corrected chi connectivity index (χ0v) is 13.8. The smallest absolute Gasteiger partial charge is 0.312 e. The molecule has 124 valence electrons. The molecule has 6 nitrogen and oxygen atoms in total. The van der Waals surface area contributed by atoms with Crippen molar-refractivity contribution >= 4 is 17.7 Å². The fourth-order valence-electron chi connectivity index (χ4n) is 2.31. The van der Waals surface area contributed by atoms with E-state index in [0.29, 0.717) is 25.2 Å². The van der Waals surface area contributed by atoms with Crippen LogP contribution in [-0.4, -0.2) is 53.7 Å². The lowest BCUT2D eigenvalue weighted by atomic mass is 10.1. The van der Waals surface area contributed by atoms with Gasteiger partial charge in [-0.25, -0.2) is 0 Å². The maximum absolute atomic E-state index is 12.0. The minimum atomic E-state index is -0.475. The molecule has 1 heterocycles. The average Bonchev–Trinajstić information content (AvgIpc) is 2.55. The zero-order chi connectivity index (χ0) is 17.0. The third-order valence-electron chi connectivity index (χ3n) is 4.10. The van der Waals surface area contributed by atoms with Crippen molar-refractivity contribution in [2.75, 3.05) is 20.1 Å². The highest BCUT2D eigenvalue weighted by Gasteiger charge is 2.30. The molecule has 0 aromatic heterocycles. The number of carbonyl (C=O) groups excluding carboxylic acids is 3. The molecule has 1 aromatic carbocycles. The first-order valence-corrected chi connectivity index (χ1v) is 7.86. The highest BCUT2D eigenvalue weighted by molar-refractivity contribution is 6.35. The van der Waals surface area contributed by atoms with Crippen molar-refractivity contribution in [3.8, 4) is 0 Å². The molecule has 1 aromatic rings. The second-order valence-corrected chi connectivity index (χ2v) is 5.93. The van der Waals surface area contributed by atoms with Gasteiger partial charge < -0.3 is 15.1 Å². The second kappa shape index (κ2) is 7.26. The summed E-state index contributed by atoms with van der Waals surface area (Å²) in [4.78, 5) is 38.6. The normalized spacial score (nSPS) is 16.5. The van der Waals surface area contributed by atoms with Gasteiger partial charge in [0.25, 0.3) is 5.91 Å². The van der Waals surface area contributed by atoms with Gasteiger partial charge in [0.2, 0.25) is 0 Å². The van der Waals surface area contributed by atoms with E-state index in [2.05, 4.69) is 5.32 Å². The fourth-order valence-corrected chi connectivity index (χ4v) is 2.31. The van der Waals surface area contributed by atoms with Crippen LogP contribution in [0.4, 0.5) is 0 Å². The van der Waals surface area contributed by atoms with Crippen LogP contribution in [0.15, 0.2) is 24.3 Å². The lowest BCUT2D eigenvalue weighted by Crippen LogP contribution is -2.52. The highest BCUT2D eigenvalue weighted by Crippen LogP contribution is 2.11. The summed E-state index contributed by atoms with van der Waals surface area (Å²) < 4.78 is 0. The topological polar surface area (TPSA) is 69.7 Å². The molecule has 1 N–H and O–H groups in total. The fraction of sp³-hybridized carbons (Fsp3) is 0.471. The first-order valence-electron chi connectivity index (χ1n) is 7.86. The summed E-state index contributed by atoms with van der Waals surface area (Å²) >= 11 is 0. The van der Waals surface area contributed by atoms with E-state index in [4.69, 9.17) is 0 Å². The van der Waals surface area contributed by atoms with E-state index in [0.717, 1.165) is 12.0 Å². The van der Waals surface area contributed by atoms with Crippen LogP contribution in [0, 0.1) is 0 Å². The summed E-state index contributed by atoms with van der Waals surface area (Å²) in [6.07, 6.45) is 0.878. The summed E-state index contributed by atoms with van der Waals surface area (Å²) in [7, 11) is 1.63. The summed E-state index contributed by atoms with van der Waals surface area (Å²) in [6, 6.07) is 7.27. The quantitative estimate of drug-likeness (QED) is 0.824. The molecule has 0 aliphatic carbocycles. The summed E-state index contributed by atoms with van der Waals surface area (Å²) in [5.41, 5.74) is 1.49. The van der Waals surface area contributed by atoms with Crippen molar-refractivity contribution < 1.29 is 14.4 Å². The first-order chi connectivity index (χ1) is 10.9. The van der Waals surface area contributed by atoms with Crippen LogP contribution >= 0.6 is 0 Å². The van der Waals surface area contributed by atoms with E-state index < -0.39 is 11.8 Å². The molecule has 0 saturated carbocycles. The standard InChI is InChI=1S/C17H23N3O3/c1-4-12(2)18-15(21)14-7-5-13(6-8-14)11-20-10-9-19(3)16(22)17(20)23/h5-8,12H,4,9-11H2,1-3H3,(H,18,21). The maximum atomic E-state index is 12.0.